The fraction of sp³-hybridized carbons (Fsp3) is 0.423. The quantitative estimate of drug-likeness (QED) is 0.575. The number of nitrogens with one attached hydrogen (secondary N) is 1. The van der Waals surface area contributed by atoms with Crippen LogP contribution in [0.2, 0.25) is 0 Å². The summed E-state index contributed by atoms with van der Waals surface area (Å²) in [5.41, 5.74) is 11.5. The first-order valence-corrected chi connectivity index (χ1v) is 11.0. The first kappa shape index (κ1) is 19.2. The van der Waals surface area contributed by atoms with Crippen molar-refractivity contribution in [3.8, 4) is 11.4 Å². The van der Waals surface area contributed by atoms with Gasteiger partial charge >= 0.3 is 0 Å². The van der Waals surface area contributed by atoms with Crippen LogP contribution in [0.5, 0.6) is 0 Å². The molecule has 0 radical (unpaired) electrons. The lowest BCUT2D eigenvalue weighted by molar-refractivity contribution is 0.331. The summed E-state index contributed by atoms with van der Waals surface area (Å²) in [7, 11) is 0. The van der Waals surface area contributed by atoms with E-state index < -0.39 is 0 Å². The molecule has 0 aliphatic heterocycles. The Kier molecular flexibility index (Phi) is 4.25. The van der Waals surface area contributed by atoms with Crippen molar-refractivity contribution in [1.82, 2.24) is 20.6 Å². The lowest BCUT2D eigenvalue weighted by atomic mass is 9.62. The van der Waals surface area contributed by atoms with Crippen molar-refractivity contribution < 1.29 is 0 Å². The van der Waals surface area contributed by atoms with Crippen molar-refractivity contribution in [3.63, 3.8) is 0 Å². The van der Waals surface area contributed by atoms with Crippen LogP contribution in [0.15, 0.2) is 30.3 Å². The average Bonchev–Trinajstić information content (AvgIpc) is 3.37. The average molecular weight is 399 g/mol. The Morgan fingerprint density at radius 3 is 2.37 bits per heavy atom. The highest BCUT2D eigenvalue weighted by Crippen LogP contribution is 2.47. The van der Waals surface area contributed by atoms with Crippen LogP contribution in [0.25, 0.3) is 23.0 Å². The molecule has 30 heavy (non-hydrogen) atoms. The number of aromatic amines is 1. The smallest absolute Gasteiger partial charge is 0.177 e. The second-order valence-electron chi connectivity index (χ2n) is 10.3. The van der Waals surface area contributed by atoms with Crippen LogP contribution in [0.4, 0.5) is 0 Å². The van der Waals surface area contributed by atoms with E-state index >= 15 is 0 Å². The number of tetrazole rings is 1. The minimum Gasteiger partial charge on any atom is -0.177 e. The monoisotopic (exact) mass is 398 g/mol. The maximum atomic E-state index is 4.11. The Morgan fingerprint density at radius 2 is 1.67 bits per heavy atom. The van der Waals surface area contributed by atoms with Gasteiger partial charge in [-0.1, -0.05) is 58.0 Å². The summed E-state index contributed by atoms with van der Waals surface area (Å²) in [6, 6.07) is 11.5. The highest BCUT2D eigenvalue weighted by Gasteiger charge is 2.37. The topological polar surface area (TPSA) is 54.5 Å². The van der Waals surface area contributed by atoms with Crippen molar-refractivity contribution in [1.29, 1.82) is 0 Å². The van der Waals surface area contributed by atoms with Crippen molar-refractivity contribution in [2.24, 2.45) is 0 Å². The number of hydrogen-bond donors (Lipinski definition) is 1. The summed E-state index contributed by atoms with van der Waals surface area (Å²) < 4.78 is 0. The number of aromatic nitrogens is 4. The van der Waals surface area contributed by atoms with Gasteiger partial charge in [-0.25, -0.2) is 0 Å². The Balaban J connectivity index is 1.56. The molecule has 3 aromatic rings. The number of rotatable bonds is 2. The first-order valence-electron chi connectivity index (χ1n) is 11.0. The molecule has 2 aliphatic rings. The van der Waals surface area contributed by atoms with Gasteiger partial charge < -0.3 is 0 Å². The van der Waals surface area contributed by atoms with Crippen LogP contribution in [0, 0.1) is 6.92 Å². The predicted molar refractivity (Wildman–Crippen MR) is 122 cm³/mol. The van der Waals surface area contributed by atoms with Crippen molar-refractivity contribution in [3.05, 3.63) is 63.7 Å². The molecule has 5 rings (SSSR count). The van der Waals surface area contributed by atoms with Crippen molar-refractivity contribution >= 4 is 11.6 Å². The number of hydrogen-bond acceptors (Lipinski definition) is 3. The van der Waals surface area contributed by atoms with Gasteiger partial charge in [0, 0.05) is 5.56 Å². The lowest BCUT2D eigenvalue weighted by Gasteiger charge is -2.42. The summed E-state index contributed by atoms with van der Waals surface area (Å²) in [5.74, 6) is 0.658. The van der Waals surface area contributed by atoms with Crippen LogP contribution in [0.1, 0.15) is 80.3 Å². The van der Waals surface area contributed by atoms with Gasteiger partial charge in [0.1, 0.15) is 0 Å². The highest BCUT2D eigenvalue weighted by molar-refractivity contribution is 5.87. The van der Waals surface area contributed by atoms with E-state index in [1.807, 2.05) is 0 Å². The minimum absolute atomic E-state index is 0.235. The van der Waals surface area contributed by atoms with Crippen molar-refractivity contribution in [2.75, 3.05) is 0 Å². The van der Waals surface area contributed by atoms with E-state index in [9.17, 15) is 0 Å². The fourth-order valence-electron chi connectivity index (χ4n) is 5.17. The third-order valence-corrected chi connectivity index (χ3v) is 7.29. The Morgan fingerprint density at radius 1 is 0.933 bits per heavy atom. The molecule has 0 bridgehead atoms. The summed E-state index contributed by atoms with van der Waals surface area (Å²) >= 11 is 0. The third-order valence-electron chi connectivity index (χ3n) is 7.29. The largest absolute Gasteiger partial charge is 0.204 e. The number of benzene rings is 2. The Hall–Kier alpha value is -2.75. The van der Waals surface area contributed by atoms with Gasteiger partial charge in [0.05, 0.1) is 0 Å². The molecule has 2 aliphatic carbocycles. The molecule has 1 N–H and O–H groups in total. The van der Waals surface area contributed by atoms with Crippen LogP contribution < -0.4 is 0 Å². The molecule has 154 valence electrons. The zero-order valence-electron chi connectivity index (χ0n) is 18.6. The molecule has 4 heteroatoms. The zero-order valence-corrected chi connectivity index (χ0v) is 18.6. The number of allylic oxidation sites excluding steroid dienone is 1. The molecule has 0 spiro atoms. The Labute approximate surface area is 178 Å². The molecule has 0 saturated heterocycles. The summed E-state index contributed by atoms with van der Waals surface area (Å²) in [6.07, 6.45) is 7.07. The van der Waals surface area contributed by atoms with Crippen LogP contribution in [0.3, 0.4) is 0 Å². The molecule has 0 atom stereocenters. The molecule has 0 saturated carbocycles. The van der Waals surface area contributed by atoms with Gasteiger partial charge in [0.15, 0.2) is 0 Å². The van der Waals surface area contributed by atoms with E-state index in [0.717, 1.165) is 18.4 Å². The van der Waals surface area contributed by atoms with Gasteiger partial charge in [-0.05, 0) is 93.7 Å². The molecular weight excluding hydrogens is 368 g/mol. The number of H-pyrrole nitrogens is 1. The molecule has 1 heterocycles. The van der Waals surface area contributed by atoms with E-state index in [1.54, 1.807) is 0 Å². The van der Waals surface area contributed by atoms with Crippen LogP contribution >= 0.6 is 0 Å². The van der Waals surface area contributed by atoms with Crippen LogP contribution in [-0.4, -0.2) is 20.6 Å². The third kappa shape index (κ3) is 3.10. The maximum Gasteiger partial charge on any atom is 0.204 e. The highest BCUT2D eigenvalue weighted by atomic mass is 15.5. The number of aryl methyl sites for hydroxylation is 2. The molecule has 1 aromatic heterocycles. The Bertz CT molecular complexity index is 1150. The van der Waals surface area contributed by atoms with E-state index in [1.165, 1.54) is 51.8 Å². The SMILES string of the molecule is Cc1cc2c(cc1/C=C1\CCc3cc(-c4nn[nH]n4)ccc31)C(C)(C)CCC2(C)C. The second-order valence-corrected chi connectivity index (χ2v) is 10.3. The lowest BCUT2D eigenvalue weighted by Crippen LogP contribution is -2.34. The van der Waals surface area contributed by atoms with Gasteiger partial charge in [-0.2, -0.15) is 5.21 Å². The fourth-order valence-corrected chi connectivity index (χ4v) is 5.17. The van der Waals surface area contributed by atoms with Gasteiger partial charge in [0.25, 0.3) is 0 Å². The molecule has 0 fully saturated rings. The van der Waals surface area contributed by atoms with Crippen LogP contribution in [-0.2, 0) is 17.3 Å². The first-order chi connectivity index (χ1) is 14.2. The molecule has 4 nitrogen and oxygen atoms in total. The van der Waals surface area contributed by atoms with Gasteiger partial charge in [-0.3, -0.25) is 0 Å². The molecule has 0 unspecified atom stereocenters. The maximum absolute atomic E-state index is 4.11. The van der Waals surface area contributed by atoms with E-state index in [2.05, 4.69) is 91.7 Å². The van der Waals surface area contributed by atoms with Gasteiger partial charge in [-0.15, -0.1) is 10.2 Å². The zero-order chi connectivity index (χ0) is 21.1. The predicted octanol–water partition coefficient (Wildman–Crippen LogP) is 6.01. The summed E-state index contributed by atoms with van der Waals surface area (Å²) in [4.78, 5) is 0. The molecular formula is C26H30N4. The van der Waals surface area contributed by atoms with E-state index in [4.69, 9.17) is 0 Å². The molecule has 0 amide bonds. The normalized spacial score (nSPS) is 20.2. The van der Waals surface area contributed by atoms with E-state index in [0.29, 0.717) is 5.82 Å². The number of fused-ring (bicyclic) bond motifs is 2. The van der Waals surface area contributed by atoms with Gasteiger partial charge in [0.2, 0.25) is 5.82 Å². The standard InChI is InChI=1S/C26H30N4/c1-16-12-22-23(26(4,5)11-10-25(22,2)3)15-20(16)14-18-7-6-17-13-19(8-9-21(17)18)24-27-29-30-28-24/h8-9,12-15H,6-7,10-11H2,1-5H3,(H,27,28,29,30)/b18-14+. The van der Waals surface area contributed by atoms with Crippen molar-refractivity contribution in [2.45, 2.75) is 71.1 Å². The summed E-state index contributed by atoms with van der Waals surface area (Å²) in [5, 5.41) is 14.5. The summed E-state index contributed by atoms with van der Waals surface area (Å²) in [6.45, 7) is 11.9. The minimum atomic E-state index is 0.235. The number of nitrogens with zero attached hydrogens (tertiary/aromatic N) is 3. The second kappa shape index (κ2) is 6.63. The van der Waals surface area contributed by atoms with E-state index in [-0.39, 0.29) is 10.8 Å². The molecule has 2 aromatic carbocycles.